The van der Waals surface area contributed by atoms with Crippen LogP contribution in [0.3, 0.4) is 0 Å². The molecule has 5 rings (SSSR count). The van der Waals surface area contributed by atoms with Crippen LogP contribution in [0, 0.1) is 12.7 Å². The summed E-state index contributed by atoms with van der Waals surface area (Å²) in [5.74, 6) is -3.77. The van der Waals surface area contributed by atoms with E-state index in [-0.39, 0.29) is 11.3 Å². The van der Waals surface area contributed by atoms with Crippen molar-refractivity contribution in [3.05, 3.63) is 70.4 Å². The van der Waals surface area contributed by atoms with Crippen molar-refractivity contribution in [1.29, 1.82) is 0 Å². The van der Waals surface area contributed by atoms with Crippen molar-refractivity contribution in [2.24, 2.45) is 0 Å². The third-order valence-corrected chi connectivity index (χ3v) is 7.71. The summed E-state index contributed by atoms with van der Waals surface area (Å²) in [6.45, 7) is 2.15. The first kappa shape index (κ1) is 20.7. The monoisotopic (exact) mass is 461 g/mol. The number of aromatic nitrogens is 5. The number of fused-ring (bicyclic) bond motifs is 2. The fourth-order valence-electron chi connectivity index (χ4n) is 4.30. The molecule has 0 amide bonds. The maximum absolute atomic E-state index is 14.5. The van der Waals surface area contributed by atoms with E-state index in [0.29, 0.717) is 23.3 Å². The Kier molecular flexibility index (Phi) is 4.63. The predicted octanol–water partition coefficient (Wildman–Crippen LogP) is 3.51. The number of aromatic amines is 1. The summed E-state index contributed by atoms with van der Waals surface area (Å²) < 4.78 is 69.5. The lowest BCUT2D eigenvalue weighted by Crippen LogP contribution is -2.28. The van der Waals surface area contributed by atoms with Crippen molar-refractivity contribution in [2.45, 2.75) is 37.1 Å². The zero-order valence-corrected chi connectivity index (χ0v) is 17.8. The van der Waals surface area contributed by atoms with Crippen molar-refractivity contribution < 1.29 is 21.6 Å². The molecule has 0 saturated carbocycles. The van der Waals surface area contributed by atoms with Gasteiger partial charge in [0.25, 0.3) is 5.92 Å². The molecule has 2 aromatic carbocycles. The van der Waals surface area contributed by atoms with Crippen molar-refractivity contribution in [1.82, 2.24) is 25.2 Å². The van der Waals surface area contributed by atoms with Crippen LogP contribution in [0.2, 0.25) is 0 Å². The number of halogens is 3. The Balaban J connectivity index is 1.62. The predicted molar refractivity (Wildman–Crippen MR) is 110 cm³/mol. The zero-order chi connectivity index (χ0) is 22.7. The molecule has 0 aliphatic carbocycles. The number of H-pyrrole nitrogens is 1. The Hall–Kier alpha value is -3.21. The lowest BCUT2D eigenvalue weighted by Gasteiger charge is -2.25. The maximum Gasteiger partial charge on any atom is 0.275 e. The highest BCUT2D eigenvalue weighted by atomic mass is 32.2. The number of benzene rings is 2. The van der Waals surface area contributed by atoms with Crippen molar-refractivity contribution in [2.75, 3.05) is 5.75 Å². The third kappa shape index (κ3) is 3.36. The third-order valence-electron chi connectivity index (χ3n) is 5.94. The lowest BCUT2D eigenvalue weighted by molar-refractivity contribution is -0.0127. The number of nitrogens with one attached hydrogen (secondary N) is 1. The number of rotatable bonds is 4. The highest BCUT2D eigenvalue weighted by Crippen LogP contribution is 2.42. The first-order chi connectivity index (χ1) is 15.2. The van der Waals surface area contributed by atoms with Crippen LogP contribution in [0.4, 0.5) is 13.2 Å². The molecule has 3 heterocycles. The van der Waals surface area contributed by atoms with E-state index in [0.717, 1.165) is 16.8 Å². The van der Waals surface area contributed by atoms with E-state index in [1.54, 1.807) is 12.1 Å². The Morgan fingerprint density at radius 1 is 1.19 bits per heavy atom. The van der Waals surface area contributed by atoms with Crippen LogP contribution in [0.1, 0.15) is 34.6 Å². The first-order valence-corrected chi connectivity index (χ1v) is 11.5. The van der Waals surface area contributed by atoms with Gasteiger partial charge in [-0.25, -0.2) is 21.6 Å². The topological polar surface area (TPSA) is 93.5 Å². The average Bonchev–Trinajstić information content (AvgIpc) is 3.34. The molecule has 0 spiro atoms. The number of hydrogen-bond acceptors (Lipinski definition) is 5. The molecule has 0 radical (unpaired) electrons. The summed E-state index contributed by atoms with van der Waals surface area (Å²) in [6, 6.07) is 8.45. The Labute approximate surface area is 181 Å². The van der Waals surface area contributed by atoms with Gasteiger partial charge in [0.1, 0.15) is 5.82 Å². The van der Waals surface area contributed by atoms with Crippen molar-refractivity contribution in [3.8, 4) is 0 Å². The van der Waals surface area contributed by atoms with Gasteiger partial charge in [-0.3, -0.25) is 0 Å². The summed E-state index contributed by atoms with van der Waals surface area (Å²) in [5.41, 5.74) is 2.35. The number of nitrogens with zero attached hydrogens (tertiary/aromatic N) is 4. The number of sulfone groups is 1. The highest BCUT2D eigenvalue weighted by molar-refractivity contribution is 7.91. The summed E-state index contributed by atoms with van der Waals surface area (Å²) >= 11 is 0. The van der Waals surface area contributed by atoms with Gasteiger partial charge in [0.15, 0.2) is 15.7 Å². The Morgan fingerprint density at radius 2 is 2.00 bits per heavy atom. The van der Waals surface area contributed by atoms with E-state index < -0.39 is 39.3 Å². The molecule has 1 aliphatic heterocycles. The van der Waals surface area contributed by atoms with Gasteiger partial charge < -0.3 is 4.57 Å². The first-order valence-electron chi connectivity index (χ1n) is 9.89. The molecule has 7 nitrogen and oxygen atoms in total. The molecule has 4 aromatic rings. The van der Waals surface area contributed by atoms with E-state index in [4.69, 9.17) is 0 Å². The molecule has 11 heteroatoms. The minimum Gasteiger partial charge on any atom is -0.337 e. The molecule has 0 unspecified atom stereocenters. The molecule has 1 N–H and O–H groups in total. The molecule has 1 aliphatic rings. The second kappa shape index (κ2) is 7.16. The standard InChI is InChI=1S/C21H18F3N5O2S/c1-12-15(8-13-2-5-19-17(9-13)21(23,24)6-7-32(19,30)31)16-10-14(22)3-4-18(16)29(12)11-20-25-27-28-26-20/h2-5,9-10H,6-8,11H2,1H3,(H,25,26,27,28). The van der Waals surface area contributed by atoms with Crippen molar-refractivity contribution in [3.63, 3.8) is 0 Å². The van der Waals surface area contributed by atoms with Gasteiger partial charge >= 0.3 is 0 Å². The highest BCUT2D eigenvalue weighted by Gasteiger charge is 2.43. The smallest absolute Gasteiger partial charge is 0.275 e. The fraction of sp³-hybridized carbons (Fsp3) is 0.286. The van der Waals surface area contributed by atoms with Gasteiger partial charge in [-0.05, 0) is 54.8 Å². The number of tetrazole rings is 1. The van der Waals surface area contributed by atoms with Crippen LogP contribution in [-0.4, -0.2) is 39.4 Å². The molecule has 0 saturated heterocycles. The summed E-state index contributed by atoms with van der Waals surface area (Å²) in [4.78, 5) is -0.320. The molecular formula is C21H18F3N5O2S. The number of hydrogen-bond donors (Lipinski definition) is 1. The molecule has 32 heavy (non-hydrogen) atoms. The quantitative estimate of drug-likeness (QED) is 0.502. The van der Waals surface area contributed by atoms with Gasteiger partial charge in [0.05, 0.1) is 17.2 Å². The van der Waals surface area contributed by atoms with E-state index in [9.17, 15) is 21.6 Å². The minimum atomic E-state index is -3.73. The normalized spacial score (nSPS) is 16.9. The average molecular weight is 461 g/mol. The van der Waals surface area contributed by atoms with Crippen LogP contribution in [-0.2, 0) is 28.7 Å². The Bertz CT molecular complexity index is 1450. The second-order valence-corrected chi connectivity index (χ2v) is 10.00. The van der Waals surface area contributed by atoms with Gasteiger partial charge in [-0.2, -0.15) is 5.21 Å². The van der Waals surface area contributed by atoms with Gasteiger partial charge in [0.2, 0.25) is 0 Å². The Morgan fingerprint density at radius 3 is 2.75 bits per heavy atom. The van der Waals surface area contributed by atoms with Gasteiger partial charge in [-0.1, -0.05) is 11.3 Å². The summed E-state index contributed by atoms with van der Waals surface area (Å²) in [5, 5.41) is 14.5. The summed E-state index contributed by atoms with van der Waals surface area (Å²) in [7, 11) is -3.73. The maximum atomic E-state index is 14.5. The molecule has 2 aromatic heterocycles. The number of alkyl halides is 2. The minimum absolute atomic E-state index is 0.231. The molecular weight excluding hydrogens is 443 g/mol. The van der Waals surface area contributed by atoms with Crippen molar-refractivity contribution >= 4 is 20.7 Å². The molecule has 0 fully saturated rings. The molecule has 0 atom stereocenters. The molecule has 166 valence electrons. The fourth-order valence-corrected chi connectivity index (χ4v) is 5.86. The SMILES string of the molecule is Cc1c(Cc2ccc3c(c2)C(F)(F)CCS3(=O)=O)c2cc(F)ccc2n1Cc1nn[nH]n1. The van der Waals surface area contributed by atoms with Crippen LogP contribution in [0.15, 0.2) is 41.3 Å². The van der Waals surface area contributed by atoms with E-state index in [2.05, 4.69) is 20.6 Å². The second-order valence-electron chi connectivity index (χ2n) is 7.92. The van der Waals surface area contributed by atoms with Gasteiger partial charge in [0, 0.05) is 28.6 Å². The van der Waals surface area contributed by atoms with Crippen LogP contribution < -0.4 is 0 Å². The van der Waals surface area contributed by atoms with E-state index >= 15 is 0 Å². The largest absolute Gasteiger partial charge is 0.337 e. The zero-order valence-electron chi connectivity index (χ0n) is 16.9. The lowest BCUT2D eigenvalue weighted by atomic mass is 9.97. The van der Waals surface area contributed by atoms with Crippen LogP contribution in [0.25, 0.3) is 10.9 Å². The van der Waals surface area contributed by atoms with E-state index in [1.807, 2.05) is 11.5 Å². The van der Waals surface area contributed by atoms with Gasteiger partial charge in [-0.15, -0.1) is 10.2 Å². The van der Waals surface area contributed by atoms with E-state index in [1.165, 1.54) is 24.3 Å². The molecule has 0 bridgehead atoms. The summed E-state index contributed by atoms with van der Waals surface area (Å²) in [6.07, 6.45) is -0.505. The van der Waals surface area contributed by atoms with Crippen LogP contribution >= 0.6 is 0 Å². The van der Waals surface area contributed by atoms with Crippen LogP contribution in [0.5, 0.6) is 0 Å².